The zero-order valence-electron chi connectivity index (χ0n) is 12.2. The van der Waals surface area contributed by atoms with Gasteiger partial charge in [0.1, 0.15) is 0 Å². The molecular weight excluding hydrogens is 254 g/mol. The minimum atomic E-state index is -0.316. The highest BCUT2D eigenvalue weighted by atomic mass is 14.4. The van der Waals surface area contributed by atoms with Crippen LogP contribution in [0.2, 0.25) is 0 Å². The maximum atomic E-state index is 9.87. The maximum absolute atomic E-state index is 9.87. The Labute approximate surface area is 126 Å². The second-order valence-electron chi connectivity index (χ2n) is 6.48. The first kappa shape index (κ1) is 12.7. The molecule has 4 rings (SSSR count). The topological polar surface area (TPSA) is 23.8 Å². The summed E-state index contributed by atoms with van der Waals surface area (Å²) in [6.07, 6.45) is 6.56. The van der Waals surface area contributed by atoms with Gasteiger partial charge in [-0.15, -0.1) is 0 Å². The van der Waals surface area contributed by atoms with Crippen LogP contribution in [0.1, 0.15) is 40.7 Å². The van der Waals surface area contributed by atoms with Crippen molar-refractivity contribution >= 4 is 0 Å². The van der Waals surface area contributed by atoms with Crippen LogP contribution in [-0.2, 0) is 31.1 Å². The molecule has 1 nitrogen and oxygen atoms in total. The van der Waals surface area contributed by atoms with Gasteiger partial charge in [0, 0.05) is 0 Å². The predicted octanol–water partition coefficient (Wildman–Crippen LogP) is 4.13. The van der Waals surface area contributed by atoms with Gasteiger partial charge in [0.25, 0.3) is 0 Å². The van der Waals surface area contributed by atoms with Crippen molar-refractivity contribution < 1.29 is 0 Å². The second-order valence-corrected chi connectivity index (χ2v) is 6.48. The summed E-state index contributed by atoms with van der Waals surface area (Å²) in [5, 5.41) is 9.87. The van der Waals surface area contributed by atoms with Crippen molar-refractivity contribution in [2.24, 2.45) is 0 Å². The van der Waals surface area contributed by atoms with Crippen molar-refractivity contribution in [2.45, 2.75) is 43.9 Å². The van der Waals surface area contributed by atoms with E-state index in [9.17, 15) is 5.26 Å². The summed E-state index contributed by atoms with van der Waals surface area (Å²) in [6.45, 7) is 0. The molecule has 0 amide bonds. The van der Waals surface area contributed by atoms with E-state index in [0.717, 1.165) is 19.3 Å². The zero-order chi connectivity index (χ0) is 14.3. The van der Waals surface area contributed by atoms with Crippen LogP contribution in [0.4, 0.5) is 0 Å². The SMILES string of the molecule is N#CC1(Cc2ccc3c(c2)CCC3)CCc2ccccc21. The van der Waals surface area contributed by atoms with E-state index in [-0.39, 0.29) is 5.41 Å². The first-order valence-electron chi connectivity index (χ1n) is 7.91. The molecule has 0 saturated heterocycles. The van der Waals surface area contributed by atoms with Crippen LogP contribution < -0.4 is 0 Å². The second kappa shape index (κ2) is 4.74. The molecule has 1 atom stereocenters. The van der Waals surface area contributed by atoms with Gasteiger partial charge in [0.2, 0.25) is 0 Å². The largest absolute Gasteiger partial charge is 0.197 e. The van der Waals surface area contributed by atoms with Crippen molar-refractivity contribution in [1.29, 1.82) is 5.26 Å². The summed E-state index contributed by atoms with van der Waals surface area (Å²) >= 11 is 0. The van der Waals surface area contributed by atoms with E-state index in [1.54, 1.807) is 0 Å². The molecule has 1 unspecified atom stereocenters. The third-order valence-corrected chi connectivity index (χ3v) is 5.24. The fourth-order valence-electron chi connectivity index (χ4n) is 4.11. The molecule has 0 radical (unpaired) electrons. The van der Waals surface area contributed by atoms with E-state index < -0.39 is 0 Å². The van der Waals surface area contributed by atoms with Crippen molar-refractivity contribution in [3.8, 4) is 6.07 Å². The minimum absolute atomic E-state index is 0.316. The standard InChI is InChI=1S/C20H19N/c21-14-20(11-10-17-4-1-2-7-19(17)20)13-15-8-9-16-5-3-6-18(16)12-15/h1-2,4,7-9,12H,3,5-6,10-11,13H2. The molecular formula is C20H19N. The summed E-state index contributed by atoms with van der Waals surface area (Å²) in [5.74, 6) is 0. The molecule has 0 aromatic heterocycles. The van der Waals surface area contributed by atoms with Crippen LogP contribution in [0, 0.1) is 11.3 Å². The Morgan fingerprint density at radius 3 is 2.71 bits per heavy atom. The molecule has 0 N–H and O–H groups in total. The van der Waals surface area contributed by atoms with Crippen LogP contribution in [0.5, 0.6) is 0 Å². The Kier molecular flexibility index (Phi) is 2.86. The maximum Gasteiger partial charge on any atom is 0.0868 e. The lowest BCUT2D eigenvalue weighted by atomic mass is 9.77. The summed E-state index contributed by atoms with van der Waals surface area (Å²) in [7, 11) is 0. The normalized spacial score (nSPS) is 22.6. The average molecular weight is 273 g/mol. The Balaban J connectivity index is 1.71. The highest BCUT2D eigenvalue weighted by molar-refractivity contribution is 5.46. The fraction of sp³-hybridized carbons (Fsp3) is 0.350. The first-order valence-corrected chi connectivity index (χ1v) is 7.91. The third-order valence-electron chi connectivity index (χ3n) is 5.24. The molecule has 0 heterocycles. The molecule has 0 bridgehead atoms. The Morgan fingerprint density at radius 2 is 1.81 bits per heavy atom. The quantitative estimate of drug-likeness (QED) is 0.807. The highest BCUT2D eigenvalue weighted by Gasteiger charge is 2.38. The van der Waals surface area contributed by atoms with Gasteiger partial charge in [-0.2, -0.15) is 5.26 Å². The van der Waals surface area contributed by atoms with Gasteiger partial charge in [-0.3, -0.25) is 0 Å². The lowest BCUT2D eigenvalue weighted by Gasteiger charge is -2.22. The molecule has 2 aliphatic carbocycles. The van der Waals surface area contributed by atoms with E-state index >= 15 is 0 Å². The molecule has 2 aromatic carbocycles. The van der Waals surface area contributed by atoms with Gasteiger partial charge in [-0.25, -0.2) is 0 Å². The molecule has 0 aliphatic heterocycles. The number of hydrogen-bond acceptors (Lipinski definition) is 1. The van der Waals surface area contributed by atoms with Crippen molar-refractivity contribution in [3.63, 3.8) is 0 Å². The van der Waals surface area contributed by atoms with Gasteiger partial charge in [-0.05, 0) is 66.3 Å². The number of nitriles is 1. The van der Waals surface area contributed by atoms with Crippen molar-refractivity contribution in [1.82, 2.24) is 0 Å². The van der Waals surface area contributed by atoms with Crippen LogP contribution in [0.3, 0.4) is 0 Å². The fourth-order valence-corrected chi connectivity index (χ4v) is 4.11. The van der Waals surface area contributed by atoms with Crippen molar-refractivity contribution in [2.75, 3.05) is 0 Å². The van der Waals surface area contributed by atoms with Crippen LogP contribution in [-0.4, -0.2) is 0 Å². The van der Waals surface area contributed by atoms with E-state index in [1.807, 2.05) is 0 Å². The van der Waals surface area contributed by atoms with Gasteiger partial charge in [0.15, 0.2) is 0 Å². The van der Waals surface area contributed by atoms with Crippen LogP contribution in [0.15, 0.2) is 42.5 Å². The summed E-state index contributed by atoms with van der Waals surface area (Å²) in [6, 6.07) is 18.0. The Bertz CT molecular complexity index is 738. The Morgan fingerprint density at radius 1 is 0.952 bits per heavy atom. The average Bonchev–Trinajstić information content (AvgIpc) is 3.13. The number of fused-ring (bicyclic) bond motifs is 2. The Hall–Kier alpha value is -2.07. The van der Waals surface area contributed by atoms with E-state index in [0.29, 0.717) is 0 Å². The summed E-state index contributed by atoms with van der Waals surface area (Å²) in [5.41, 5.74) is 6.65. The van der Waals surface area contributed by atoms with E-state index in [4.69, 9.17) is 0 Å². The monoisotopic (exact) mass is 273 g/mol. The number of benzene rings is 2. The summed E-state index contributed by atoms with van der Waals surface area (Å²) < 4.78 is 0. The number of aryl methyl sites for hydroxylation is 3. The first-order chi connectivity index (χ1) is 10.3. The smallest absolute Gasteiger partial charge is 0.0868 e. The molecule has 0 fully saturated rings. The van der Waals surface area contributed by atoms with Gasteiger partial charge in [-0.1, -0.05) is 42.5 Å². The van der Waals surface area contributed by atoms with Gasteiger partial charge >= 0.3 is 0 Å². The molecule has 0 spiro atoms. The van der Waals surface area contributed by atoms with Crippen molar-refractivity contribution in [3.05, 3.63) is 70.3 Å². The molecule has 1 heteroatoms. The molecule has 2 aromatic rings. The van der Waals surface area contributed by atoms with Gasteiger partial charge in [0.05, 0.1) is 11.5 Å². The van der Waals surface area contributed by atoms with Crippen LogP contribution in [0.25, 0.3) is 0 Å². The predicted molar refractivity (Wildman–Crippen MR) is 84.2 cm³/mol. The third kappa shape index (κ3) is 1.98. The highest BCUT2D eigenvalue weighted by Crippen LogP contribution is 2.41. The van der Waals surface area contributed by atoms with Crippen LogP contribution >= 0.6 is 0 Å². The lowest BCUT2D eigenvalue weighted by Crippen LogP contribution is -2.24. The minimum Gasteiger partial charge on any atom is -0.197 e. The summed E-state index contributed by atoms with van der Waals surface area (Å²) in [4.78, 5) is 0. The zero-order valence-corrected chi connectivity index (χ0v) is 12.2. The molecule has 21 heavy (non-hydrogen) atoms. The number of rotatable bonds is 2. The number of hydrogen-bond donors (Lipinski definition) is 0. The van der Waals surface area contributed by atoms with E-state index in [2.05, 4.69) is 48.5 Å². The molecule has 104 valence electrons. The van der Waals surface area contributed by atoms with E-state index in [1.165, 1.54) is 47.1 Å². The number of nitrogens with zero attached hydrogens (tertiary/aromatic N) is 1. The lowest BCUT2D eigenvalue weighted by molar-refractivity contribution is 0.541. The molecule has 2 aliphatic rings. The molecule has 0 saturated carbocycles. The van der Waals surface area contributed by atoms with Gasteiger partial charge < -0.3 is 0 Å².